The van der Waals surface area contributed by atoms with Gasteiger partial charge in [-0.25, -0.2) is 0 Å². The van der Waals surface area contributed by atoms with Crippen LogP contribution in [0.15, 0.2) is 35.7 Å². The van der Waals surface area contributed by atoms with E-state index in [1.165, 1.54) is 34.7 Å². The third-order valence-electron chi connectivity index (χ3n) is 4.40. The molecule has 2 heterocycles. The van der Waals surface area contributed by atoms with Gasteiger partial charge in [0.05, 0.1) is 4.92 Å². The minimum absolute atomic E-state index is 0.0135. The average molecular weight is 345 g/mol. The van der Waals surface area contributed by atoms with Gasteiger partial charge < -0.3 is 5.32 Å². The molecule has 0 fully saturated rings. The Hall–Kier alpha value is -2.25. The van der Waals surface area contributed by atoms with Crippen LogP contribution in [0.3, 0.4) is 0 Å². The van der Waals surface area contributed by atoms with Crippen molar-refractivity contribution in [2.75, 3.05) is 19.6 Å². The van der Waals surface area contributed by atoms with Gasteiger partial charge in [-0.15, -0.1) is 11.3 Å². The molecule has 0 saturated heterocycles. The molecule has 0 radical (unpaired) electrons. The number of hydrogen-bond acceptors (Lipinski definition) is 5. The second-order valence-electron chi connectivity index (χ2n) is 5.83. The summed E-state index contributed by atoms with van der Waals surface area (Å²) in [7, 11) is 0. The Morgan fingerprint density at radius 3 is 2.83 bits per heavy atom. The Bertz CT molecular complexity index is 742. The number of fused-ring (bicyclic) bond motifs is 1. The van der Waals surface area contributed by atoms with Gasteiger partial charge in [-0.2, -0.15) is 0 Å². The van der Waals surface area contributed by atoms with Gasteiger partial charge in [0.25, 0.3) is 11.6 Å². The summed E-state index contributed by atoms with van der Waals surface area (Å²) in [4.78, 5) is 26.1. The van der Waals surface area contributed by atoms with E-state index in [0.29, 0.717) is 18.2 Å². The Balaban J connectivity index is 1.51. The van der Waals surface area contributed by atoms with Crippen molar-refractivity contribution in [3.05, 3.63) is 61.8 Å². The first-order valence-electron chi connectivity index (χ1n) is 7.89. The summed E-state index contributed by atoms with van der Waals surface area (Å²) in [6, 6.07) is 8.23. The maximum atomic E-state index is 12.1. The Labute approximate surface area is 144 Å². The Morgan fingerprint density at radius 1 is 1.38 bits per heavy atom. The van der Waals surface area contributed by atoms with E-state index < -0.39 is 4.92 Å². The molecule has 1 aromatic carbocycles. The lowest BCUT2D eigenvalue weighted by atomic mass is 10.0. The summed E-state index contributed by atoms with van der Waals surface area (Å²) in [6.45, 7) is 4.54. The van der Waals surface area contributed by atoms with E-state index >= 15 is 0 Å². The number of carbonyl (C=O) groups excluding carboxylic acids is 1. The van der Waals surface area contributed by atoms with Crippen LogP contribution in [0.1, 0.15) is 33.8 Å². The zero-order chi connectivity index (χ0) is 17.1. The molecule has 1 atom stereocenters. The molecule has 1 amide bonds. The van der Waals surface area contributed by atoms with Crippen LogP contribution in [-0.2, 0) is 6.42 Å². The summed E-state index contributed by atoms with van der Waals surface area (Å²) in [5.74, 6) is -0.202. The van der Waals surface area contributed by atoms with Crippen LogP contribution in [0, 0.1) is 10.1 Å². The van der Waals surface area contributed by atoms with Gasteiger partial charge in [0.2, 0.25) is 0 Å². The van der Waals surface area contributed by atoms with Gasteiger partial charge in [0.1, 0.15) is 0 Å². The molecule has 0 aliphatic carbocycles. The highest BCUT2D eigenvalue weighted by atomic mass is 32.1. The molecule has 126 valence electrons. The van der Waals surface area contributed by atoms with Crippen LogP contribution < -0.4 is 5.32 Å². The number of thiophene rings is 1. The Kier molecular flexibility index (Phi) is 4.92. The number of nitrogens with zero attached hydrogens (tertiary/aromatic N) is 2. The molecular weight excluding hydrogens is 326 g/mol. The quantitative estimate of drug-likeness (QED) is 0.668. The number of hydrogen-bond donors (Lipinski definition) is 1. The number of nitrogens with one attached hydrogen (secondary N) is 1. The fourth-order valence-corrected chi connectivity index (χ4v) is 4.05. The largest absolute Gasteiger partial charge is 0.351 e. The van der Waals surface area contributed by atoms with E-state index in [-0.39, 0.29) is 11.6 Å². The number of amides is 1. The number of benzene rings is 1. The molecular formula is C17H19N3O3S. The molecule has 1 aliphatic heterocycles. The van der Waals surface area contributed by atoms with Crippen molar-refractivity contribution in [3.8, 4) is 0 Å². The summed E-state index contributed by atoms with van der Waals surface area (Å²) in [6.07, 6.45) is 1.06. The highest BCUT2D eigenvalue weighted by molar-refractivity contribution is 7.10. The Morgan fingerprint density at radius 2 is 2.12 bits per heavy atom. The van der Waals surface area contributed by atoms with E-state index in [4.69, 9.17) is 0 Å². The highest BCUT2D eigenvalue weighted by Gasteiger charge is 2.24. The van der Waals surface area contributed by atoms with Crippen molar-refractivity contribution < 1.29 is 9.72 Å². The summed E-state index contributed by atoms with van der Waals surface area (Å²) < 4.78 is 0. The van der Waals surface area contributed by atoms with E-state index in [1.54, 1.807) is 11.3 Å². The van der Waals surface area contributed by atoms with Crippen molar-refractivity contribution in [3.63, 3.8) is 0 Å². The standard InChI is InChI=1S/C17H19N3O3S/c1-12-16-13(7-11-24-16)6-9-19(12)10-8-18-17(21)14-2-4-15(5-3-14)20(22)23/h2-5,7,11-12H,6,8-10H2,1H3,(H,18,21). The second kappa shape index (κ2) is 7.11. The molecule has 1 aromatic heterocycles. The van der Waals surface area contributed by atoms with Crippen LogP contribution >= 0.6 is 11.3 Å². The lowest BCUT2D eigenvalue weighted by molar-refractivity contribution is -0.384. The monoisotopic (exact) mass is 345 g/mol. The summed E-state index contributed by atoms with van der Waals surface area (Å²) >= 11 is 1.79. The van der Waals surface area contributed by atoms with Crippen molar-refractivity contribution in [1.82, 2.24) is 10.2 Å². The number of nitro groups is 1. The topological polar surface area (TPSA) is 75.5 Å². The van der Waals surface area contributed by atoms with Crippen molar-refractivity contribution in [1.29, 1.82) is 0 Å². The van der Waals surface area contributed by atoms with Gasteiger partial charge in [-0.05, 0) is 42.5 Å². The number of non-ortho nitro benzene ring substituents is 1. The average Bonchev–Trinajstić information content (AvgIpc) is 3.06. The van der Waals surface area contributed by atoms with Crippen LogP contribution in [0.25, 0.3) is 0 Å². The van der Waals surface area contributed by atoms with E-state index in [1.807, 2.05) is 0 Å². The lowest BCUT2D eigenvalue weighted by Crippen LogP contribution is -2.39. The van der Waals surface area contributed by atoms with Crippen LogP contribution in [0.4, 0.5) is 5.69 Å². The fraction of sp³-hybridized carbons (Fsp3) is 0.353. The minimum atomic E-state index is -0.474. The predicted octanol–water partition coefficient (Wildman–Crippen LogP) is 3.01. The van der Waals surface area contributed by atoms with E-state index in [0.717, 1.165) is 19.5 Å². The SMILES string of the molecule is CC1c2sccc2CCN1CCNC(=O)c1ccc([N+](=O)[O-])cc1. The molecule has 0 spiro atoms. The molecule has 0 saturated carbocycles. The van der Waals surface area contributed by atoms with E-state index in [2.05, 4.69) is 28.6 Å². The van der Waals surface area contributed by atoms with Gasteiger partial charge in [-0.1, -0.05) is 0 Å². The van der Waals surface area contributed by atoms with Crippen LogP contribution in [0.2, 0.25) is 0 Å². The number of rotatable bonds is 5. The third-order valence-corrected chi connectivity index (χ3v) is 5.53. The molecule has 1 N–H and O–H groups in total. The molecule has 24 heavy (non-hydrogen) atoms. The molecule has 1 aliphatic rings. The third kappa shape index (κ3) is 3.47. The van der Waals surface area contributed by atoms with E-state index in [9.17, 15) is 14.9 Å². The van der Waals surface area contributed by atoms with Gasteiger partial charge in [0.15, 0.2) is 0 Å². The molecule has 1 unspecified atom stereocenters. The van der Waals surface area contributed by atoms with Crippen molar-refractivity contribution in [2.45, 2.75) is 19.4 Å². The minimum Gasteiger partial charge on any atom is -0.351 e. The number of carbonyl (C=O) groups is 1. The first-order valence-corrected chi connectivity index (χ1v) is 8.77. The molecule has 2 aromatic rings. The zero-order valence-corrected chi connectivity index (χ0v) is 14.2. The second-order valence-corrected chi connectivity index (χ2v) is 6.78. The maximum Gasteiger partial charge on any atom is 0.269 e. The molecule has 7 heteroatoms. The highest BCUT2D eigenvalue weighted by Crippen LogP contribution is 2.32. The van der Waals surface area contributed by atoms with Crippen molar-refractivity contribution in [2.24, 2.45) is 0 Å². The first-order chi connectivity index (χ1) is 11.6. The molecule has 0 bridgehead atoms. The lowest BCUT2D eigenvalue weighted by Gasteiger charge is -2.33. The predicted molar refractivity (Wildman–Crippen MR) is 93.4 cm³/mol. The smallest absolute Gasteiger partial charge is 0.269 e. The molecule has 3 rings (SSSR count). The zero-order valence-electron chi connectivity index (χ0n) is 13.4. The normalized spacial score (nSPS) is 17.3. The van der Waals surface area contributed by atoms with Gasteiger partial charge in [-0.3, -0.25) is 19.8 Å². The van der Waals surface area contributed by atoms with Crippen LogP contribution in [0.5, 0.6) is 0 Å². The summed E-state index contributed by atoms with van der Waals surface area (Å²) in [5, 5.41) is 15.7. The van der Waals surface area contributed by atoms with Crippen LogP contribution in [-0.4, -0.2) is 35.4 Å². The molecule has 6 nitrogen and oxygen atoms in total. The van der Waals surface area contributed by atoms with Crippen molar-refractivity contribution >= 4 is 22.9 Å². The summed E-state index contributed by atoms with van der Waals surface area (Å²) in [5.41, 5.74) is 1.87. The maximum absolute atomic E-state index is 12.1. The fourth-order valence-electron chi connectivity index (χ4n) is 3.00. The first kappa shape index (κ1) is 16.6. The van der Waals surface area contributed by atoms with Gasteiger partial charge >= 0.3 is 0 Å². The van der Waals surface area contributed by atoms with Gasteiger partial charge in [0, 0.05) is 48.2 Å². The number of nitro benzene ring substituents is 1.